The molecule has 1 saturated heterocycles. The van der Waals surface area contributed by atoms with Crippen LogP contribution in [-0.4, -0.2) is 42.5 Å². The van der Waals surface area contributed by atoms with Crippen molar-refractivity contribution in [1.29, 1.82) is 0 Å². The molecule has 1 aromatic rings. The second kappa shape index (κ2) is 5.95. The Morgan fingerprint density at radius 2 is 1.94 bits per heavy atom. The van der Waals surface area contributed by atoms with Gasteiger partial charge in [-0.1, -0.05) is 34.1 Å². The Balaban J connectivity index is 2.01. The summed E-state index contributed by atoms with van der Waals surface area (Å²) in [5.74, 6) is 0.156. The number of ketones is 1. The third kappa shape index (κ3) is 3.40. The van der Waals surface area contributed by atoms with Gasteiger partial charge < -0.3 is 4.74 Å². The Kier molecular flexibility index (Phi) is 4.54. The summed E-state index contributed by atoms with van der Waals surface area (Å²) in [5, 5.41) is 0. The van der Waals surface area contributed by atoms with E-state index in [1.54, 1.807) is 0 Å². The van der Waals surface area contributed by atoms with Crippen molar-refractivity contribution in [1.82, 2.24) is 4.90 Å². The van der Waals surface area contributed by atoms with Crippen molar-refractivity contribution in [3.05, 3.63) is 34.3 Å². The molecular formula is C14H18BrNO2. The first-order chi connectivity index (χ1) is 8.56. The number of carbonyl (C=O) groups excluding carboxylic acids is 1. The fourth-order valence-electron chi connectivity index (χ4n) is 2.39. The van der Waals surface area contributed by atoms with Crippen LogP contribution >= 0.6 is 15.9 Å². The van der Waals surface area contributed by atoms with E-state index in [9.17, 15) is 4.79 Å². The lowest BCUT2D eigenvalue weighted by Gasteiger charge is -2.34. The zero-order chi connectivity index (χ0) is 13.1. The van der Waals surface area contributed by atoms with E-state index >= 15 is 0 Å². The van der Waals surface area contributed by atoms with E-state index < -0.39 is 0 Å². The van der Waals surface area contributed by atoms with Crippen molar-refractivity contribution in [2.45, 2.75) is 26.1 Å². The van der Waals surface area contributed by atoms with Gasteiger partial charge in [0.2, 0.25) is 0 Å². The predicted octanol–water partition coefficient (Wildman–Crippen LogP) is 2.74. The molecule has 1 fully saturated rings. The van der Waals surface area contributed by atoms with Gasteiger partial charge in [-0.2, -0.15) is 0 Å². The summed E-state index contributed by atoms with van der Waals surface area (Å²) in [6.45, 7) is 6.19. The molecule has 98 valence electrons. The number of morpholine rings is 1. The van der Waals surface area contributed by atoms with E-state index in [0.717, 1.165) is 23.1 Å². The summed E-state index contributed by atoms with van der Waals surface area (Å²) in [5.41, 5.74) is 0.754. The highest BCUT2D eigenvalue weighted by atomic mass is 79.9. The van der Waals surface area contributed by atoms with Gasteiger partial charge in [0.1, 0.15) is 0 Å². The van der Waals surface area contributed by atoms with Gasteiger partial charge in [0, 0.05) is 23.1 Å². The third-order valence-corrected chi connectivity index (χ3v) is 3.73. The predicted molar refractivity (Wildman–Crippen MR) is 74.9 cm³/mol. The standard InChI is InChI=1S/C14H18BrNO2/c1-10-7-16(8-11(2)18-10)9-14(17)12-5-3-4-6-13(12)15/h3-6,10-11H,7-9H2,1-2H3/t10-,11-/m0/s1. The number of hydrogen-bond acceptors (Lipinski definition) is 3. The Labute approximate surface area is 116 Å². The van der Waals surface area contributed by atoms with E-state index in [1.807, 2.05) is 38.1 Å². The van der Waals surface area contributed by atoms with E-state index in [1.165, 1.54) is 0 Å². The molecule has 3 nitrogen and oxygen atoms in total. The third-order valence-electron chi connectivity index (χ3n) is 3.04. The maximum absolute atomic E-state index is 12.2. The van der Waals surface area contributed by atoms with Crippen molar-refractivity contribution in [3.63, 3.8) is 0 Å². The molecule has 18 heavy (non-hydrogen) atoms. The maximum Gasteiger partial charge on any atom is 0.177 e. The smallest absolute Gasteiger partial charge is 0.177 e. The molecule has 2 atom stereocenters. The van der Waals surface area contributed by atoms with Gasteiger partial charge in [0.25, 0.3) is 0 Å². The summed E-state index contributed by atoms with van der Waals surface area (Å²) in [6, 6.07) is 7.57. The molecule has 1 aliphatic rings. The zero-order valence-corrected chi connectivity index (χ0v) is 12.3. The largest absolute Gasteiger partial charge is 0.373 e. The quantitative estimate of drug-likeness (QED) is 0.804. The van der Waals surface area contributed by atoms with Gasteiger partial charge in [0.15, 0.2) is 5.78 Å². The van der Waals surface area contributed by atoms with Crippen molar-refractivity contribution >= 4 is 21.7 Å². The highest BCUT2D eigenvalue weighted by molar-refractivity contribution is 9.10. The molecule has 0 aromatic heterocycles. The van der Waals surface area contributed by atoms with Crippen LogP contribution in [0.25, 0.3) is 0 Å². The van der Waals surface area contributed by atoms with E-state index in [-0.39, 0.29) is 18.0 Å². The van der Waals surface area contributed by atoms with Gasteiger partial charge in [0.05, 0.1) is 18.8 Å². The summed E-state index contributed by atoms with van der Waals surface area (Å²) in [4.78, 5) is 14.4. The SMILES string of the molecule is C[C@H]1CN(CC(=O)c2ccccc2Br)C[C@H](C)O1. The van der Waals surface area contributed by atoms with Crippen molar-refractivity contribution in [2.24, 2.45) is 0 Å². The van der Waals surface area contributed by atoms with Crippen LogP contribution in [0.4, 0.5) is 0 Å². The van der Waals surface area contributed by atoms with Crippen molar-refractivity contribution in [3.8, 4) is 0 Å². The van der Waals surface area contributed by atoms with Crippen LogP contribution in [0.15, 0.2) is 28.7 Å². The van der Waals surface area contributed by atoms with Crippen LogP contribution in [0.1, 0.15) is 24.2 Å². The minimum absolute atomic E-state index is 0.156. The number of hydrogen-bond donors (Lipinski definition) is 0. The van der Waals surface area contributed by atoms with Crippen LogP contribution in [0.3, 0.4) is 0 Å². The lowest BCUT2D eigenvalue weighted by Crippen LogP contribution is -2.47. The fourth-order valence-corrected chi connectivity index (χ4v) is 2.89. The molecule has 1 aliphatic heterocycles. The number of benzene rings is 1. The van der Waals surface area contributed by atoms with Gasteiger partial charge in [-0.3, -0.25) is 9.69 Å². The molecule has 1 heterocycles. The monoisotopic (exact) mass is 311 g/mol. The summed E-state index contributed by atoms with van der Waals surface area (Å²) < 4.78 is 6.53. The maximum atomic E-state index is 12.2. The lowest BCUT2D eigenvalue weighted by atomic mass is 10.1. The molecule has 1 aromatic carbocycles. The van der Waals surface area contributed by atoms with Gasteiger partial charge in [-0.05, 0) is 19.9 Å². The molecule has 4 heteroatoms. The second-order valence-corrected chi connectivity index (χ2v) is 5.71. The highest BCUT2D eigenvalue weighted by Gasteiger charge is 2.24. The van der Waals surface area contributed by atoms with Crippen LogP contribution in [-0.2, 0) is 4.74 Å². The zero-order valence-electron chi connectivity index (χ0n) is 10.7. The summed E-state index contributed by atoms with van der Waals surface area (Å²) in [6.07, 6.45) is 0.390. The van der Waals surface area contributed by atoms with Crippen LogP contribution < -0.4 is 0 Å². The van der Waals surface area contributed by atoms with E-state index in [0.29, 0.717) is 6.54 Å². The van der Waals surface area contributed by atoms with E-state index in [2.05, 4.69) is 20.8 Å². The number of halogens is 1. The minimum atomic E-state index is 0.156. The van der Waals surface area contributed by atoms with Gasteiger partial charge >= 0.3 is 0 Å². The molecule has 0 amide bonds. The number of nitrogens with zero attached hydrogens (tertiary/aromatic N) is 1. The normalized spacial score (nSPS) is 25.1. The van der Waals surface area contributed by atoms with Crippen molar-refractivity contribution in [2.75, 3.05) is 19.6 Å². The first kappa shape index (κ1) is 13.7. The van der Waals surface area contributed by atoms with Crippen LogP contribution in [0.5, 0.6) is 0 Å². The second-order valence-electron chi connectivity index (χ2n) is 4.85. The average molecular weight is 312 g/mol. The molecule has 0 radical (unpaired) electrons. The van der Waals surface area contributed by atoms with Crippen molar-refractivity contribution < 1.29 is 9.53 Å². The fraction of sp³-hybridized carbons (Fsp3) is 0.500. The Morgan fingerprint density at radius 3 is 2.56 bits per heavy atom. The topological polar surface area (TPSA) is 29.5 Å². The Hall–Kier alpha value is -0.710. The molecule has 2 rings (SSSR count). The molecule has 0 bridgehead atoms. The molecule has 0 unspecified atom stereocenters. The number of rotatable bonds is 3. The average Bonchev–Trinajstić information content (AvgIpc) is 2.27. The van der Waals surface area contributed by atoms with Gasteiger partial charge in [-0.25, -0.2) is 0 Å². The first-order valence-corrected chi connectivity index (χ1v) is 7.01. The number of Topliss-reactive ketones (excluding diaryl/α,β-unsaturated/α-hetero) is 1. The van der Waals surface area contributed by atoms with E-state index in [4.69, 9.17) is 4.74 Å². The lowest BCUT2D eigenvalue weighted by molar-refractivity contribution is -0.0652. The van der Waals surface area contributed by atoms with Gasteiger partial charge in [-0.15, -0.1) is 0 Å². The molecule has 0 aliphatic carbocycles. The minimum Gasteiger partial charge on any atom is -0.373 e. The molecular weight excluding hydrogens is 294 g/mol. The number of ether oxygens (including phenoxy) is 1. The molecule has 0 saturated carbocycles. The van der Waals surface area contributed by atoms with Crippen LogP contribution in [0.2, 0.25) is 0 Å². The summed E-state index contributed by atoms with van der Waals surface area (Å²) >= 11 is 3.42. The Morgan fingerprint density at radius 1 is 1.33 bits per heavy atom. The van der Waals surface area contributed by atoms with Crippen LogP contribution in [0, 0.1) is 0 Å². The molecule has 0 spiro atoms. The number of carbonyl (C=O) groups is 1. The highest BCUT2D eigenvalue weighted by Crippen LogP contribution is 2.18. The summed E-state index contributed by atoms with van der Waals surface area (Å²) in [7, 11) is 0. The Bertz CT molecular complexity index is 426. The first-order valence-electron chi connectivity index (χ1n) is 6.22. The molecule has 0 N–H and O–H groups in total.